The average Bonchev–Trinajstić information content (AvgIpc) is 3.26. The van der Waals surface area contributed by atoms with Crippen molar-refractivity contribution < 1.29 is 17.9 Å². The lowest BCUT2D eigenvalue weighted by Crippen LogP contribution is -2.40. The minimum absolute atomic E-state index is 0.275. The molecule has 0 unspecified atom stereocenters. The minimum atomic E-state index is -3.59. The minimum Gasteiger partial charge on any atom is -0.379 e. The largest absolute Gasteiger partial charge is 0.379 e. The van der Waals surface area contributed by atoms with Crippen LogP contribution in [0.4, 0.5) is 0 Å². The van der Waals surface area contributed by atoms with E-state index in [1.54, 1.807) is 23.9 Å². The molecule has 2 aromatic carbocycles. The van der Waals surface area contributed by atoms with Crippen LogP contribution < -0.4 is 0 Å². The van der Waals surface area contributed by atoms with E-state index in [2.05, 4.69) is 9.47 Å². The number of thioether (sulfide) groups is 1. The number of sulfonamides is 1. The maximum atomic E-state index is 13.2. The predicted octanol–water partition coefficient (Wildman–Crippen LogP) is 3.73. The van der Waals surface area contributed by atoms with Crippen molar-refractivity contribution in [2.75, 3.05) is 59.2 Å². The van der Waals surface area contributed by atoms with Gasteiger partial charge in [-0.3, -0.25) is 4.90 Å². The van der Waals surface area contributed by atoms with E-state index in [1.807, 2.05) is 30.3 Å². The molecule has 0 amide bonds. The smallest absolute Gasteiger partial charge is 0.243 e. The molecule has 0 saturated carbocycles. The zero-order valence-electron chi connectivity index (χ0n) is 20.1. The molecule has 2 aliphatic rings. The third-order valence-electron chi connectivity index (χ3n) is 6.57. The molecule has 0 bridgehead atoms. The number of halogens is 1. The monoisotopic (exact) mass is 550 g/mol. The normalized spacial score (nSPS) is 18.1. The van der Waals surface area contributed by atoms with Gasteiger partial charge in [-0.05, 0) is 36.2 Å². The van der Waals surface area contributed by atoms with Gasteiger partial charge >= 0.3 is 0 Å². The van der Waals surface area contributed by atoms with Gasteiger partial charge in [-0.25, -0.2) is 13.4 Å². The molecule has 3 heterocycles. The van der Waals surface area contributed by atoms with Crippen molar-refractivity contribution in [3.8, 4) is 0 Å². The van der Waals surface area contributed by atoms with Crippen LogP contribution in [-0.2, 0) is 31.8 Å². The highest BCUT2D eigenvalue weighted by Gasteiger charge is 2.27. The lowest BCUT2D eigenvalue weighted by atomic mass is 10.2. The fourth-order valence-corrected chi connectivity index (χ4v) is 7.30. The average molecular weight is 551 g/mol. The summed E-state index contributed by atoms with van der Waals surface area (Å²) in [6.45, 7) is 6.86. The first kappa shape index (κ1) is 26.0. The molecule has 194 valence electrons. The second kappa shape index (κ2) is 11.8. The fourth-order valence-electron chi connectivity index (χ4n) is 4.55. The van der Waals surface area contributed by atoms with Gasteiger partial charge in [0.15, 0.2) is 5.16 Å². The molecule has 0 aliphatic carbocycles. The van der Waals surface area contributed by atoms with E-state index >= 15 is 0 Å². The number of aryl methyl sites for hydroxylation is 1. The Hall–Kier alpha value is -1.66. The molecular formula is C25H31ClN4O4S2. The van der Waals surface area contributed by atoms with Gasteiger partial charge in [-0.1, -0.05) is 41.6 Å². The van der Waals surface area contributed by atoms with E-state index in [1.165, 1.54) is 4.31 Å². The van der Waals surface area contributed by atoms with Gasteiger partial charge in [0.05, 0.1) is 42.4 Å². The van der Waals surface area contributed by atoms with Crippen molar-refractivity contribution in [1.29, 1.82) is 0 Å². The lowest BCUT2D eigenvalue weighted by Gasteiger charge is -2.26. The molecule has 2 aliphatic heterocycles. The Balaban J connectivity index is 1.40. The summed E-state index contributed by atoms with van der Waals surface area (Å²) in [5.74, 6) is 0.686. The van der Waals surface area contributed by atoms with Crippen LogP contribution in [0.25, 0.3) is 11.0 Å². The summed E-state index contributed by atoms with van der Waals surface area (Å²) in [7, 11) is -3.59. The molecule has 0 atom stereocenters. The highest BCUT2D eigenvalue weighted by Crippen LogP contribution is 2.31. The first-order chi connectivity index (χ1) is 17.5. The van der Waals surface area contributed by atoms with Crippen molar-refractivity contribution in [3.63, 3.8) is 0 Å². The third-order valence-corrected chi connectivity index (χ3v) is 9.86. The first-order valence-corrected chi connectivity index (χ1v) is 15.1. The summed E-state index contributed by atoms with van der Waals surface area (Å²) in [5, 5.41) is 1.60. The van der Waals surface area contributed by atoms with E-state index in [0.717, 1.165) is 67.1 Å². The van der Waals surface area contributed by atoms with Gasteiger partial charge in [0.2, 0.25) is 10.0 Å². The van der Waals surface area contributed by atoms with Gasteiger partial charge < -0.3 is 14.0 Å². The van der Waals surface area contributed by atoms with Crippen molar-refractivity contribution in [2.45, 2.75) is 28.8 Å². The van der Waals surface area contributed by atoms with Gasteiger partial charge in [0.25, 0.3) is 0 Å². The number of rotatable bonds is 9. The highest BCUT2D eigenvalue weighted by atomic mass is 35.5. The van der Waals surface area contributed by atoms with Crippen molar-refractivity contribution in [2.24, 2.45) is 0 Å². The van der Waals surface area contributed by atoms with E-state index < -0.39 is 10.0 Å². The summed E-state index contributed by atoms with van der Waals surface area (Å²) in [6, 6.07) is 13.1. The molecule has 11 heteroatoms. The fraction of sp³-hybridized carbons (Fsp3) is 0.480. The molecule has 36 heavy (non-hydrogen) atoms. The standard InChI is InChI=1S/C25H31ClN4O4S2/c26-22-5-2-1-4-20(22)19-35-25-27-23-18-21(36(31,32)29-12-16-34-17-13-29)6-7-24(23)30(25)9-3-8-28-10-14-33-15-11-28/h1-2,4-7,18H,3,8-17,19H2. The molecule has 0 spiro atoms. The van der Waals surface area contributed by atoms with Crippen molar-refractivity contribution in [3.05, 3.63) is 53.1 Å². The zero-order valence-corrected chi connectivity index (χ0v) is 22.5. The Morgan fingerprint density at radius 3 is 2.42 bits per heavy atom. The second-order valence-electron chi connectivity index (χ2n) is 8.90. The molecule has 2 saturated heterocycles. The summed E-state index contributed by atoms with van der Waals surface area (Å²) in [4.78, 5) is 7.58. The van der Waals surface area contributed by atoms with Crippen LogP contribution in [0.1, 0.15) is 12.0 Å². The molecule has 0 radical (unpaired) electrons. The summed E-state index contributed by atoms with van der Waals surface area (Å²) in [5.41, 5.74) is 2.68. The lowest BCUT2D eigenvalue weighted by molar-refractivity contribution is 0.0369. The second-order valence-corrected chi connectivity index (χ2v) is 12.2. The first-order valence-electron chi connectivity index (χ1n) is 12.3. The molecule has 8 nitrogen and oxygen atoms in total. The number of hydrogen-bond donors (Lipinski definition) is 0. The number of fused-ring (bicyclic) bond motifs is 1. The molecule has 0 N–H and O–H groups in total. The van der Waals surface area contributed by atoms with Crippen LogP contribution >= 0.6 is 23.4 Å². The molecule has 2 fully saturated rings. The SMILES string of the molecule is O=S(=O)(c1ccc2c(c1)nc(SCc1ccccc1Cl)n2CCCN1CCOCC1)N1CCOCC1. The molecular weight excluding hydrogens is 520 g/mol. The van der Waals surface area contributed by atoms with Crippen LogP contribution in [0.2, 0.25) is 5.02 Å². The van der Waals surface area contributed by atoms with Crippen molar-refractivity contribution >= 4 is 44.4 Å². The van der Waals surface area contributed by atoms with Crippen LogP contribution in [0.15, 0.2) is 52.5 Å². The van der Waals surface area contributed by atoms with Crippen LogP contribution in [-0.4, -0.2) is 86.3 Å². The quantitative estimate of drug-likeness (QED) is 0.376. The van der Waals surface area contributed by atoms with Crippen molar-refractivity contribution in [1.82, 2.24) is 18.8 Å². The van der Waals surface area contributed by atoms with Gasteiger partial charge in [0.1, 0.15) is 0 Å². The number of imidazole rings is 1. The van der Waals surface area contributed by atoms with E-state index in [9.17, 15) is 8.42 Å². The summed E-state index contributed by atoms with van der Waals surface area (Å²) >= 11 is 8.01. The van der Waals surface area contributed by atoms with Gasteiger partial charge in [0, 0.05) is 50.0 Å². The Labute approximate surface area is 221 Å². The number of aromatic nitrogens is 2. The highest BCUT2D eigenvalue weighted by molar-refractivity contribution is 7.98. The van der Waals surface area contributed by atoms with E-state index in [4.69, 9.17) is 26.1 Å². The number of nitrogens with zero attached hydrogens (tertiary/aromatic N) is 4. The van der Waals surface area contributed by atoms with E-state index in [0.29, 0.717) is 37.6 Å². The number of morpholine rings is 2. The van der Waals surface area contributed by atoms with E-state index in [-0.39, 0.29) is 4.90 Å². The molecule has 3 aromatic rings. The zero-order chi connectivity index (χ0) is 25.0. The van der Waals surface area contributed by atoms with Crippen LogP contribution in [0.3, 0.4) is 0 Å². The maximum absolute atomic E-state index is 13.2. The van der Waals surface area contributed by atoms with Gasteiger partial charge in [-0.15, -0.1) is 0 Å². The summed E-state index contributed by atoms with van der Waals surface area (Å²) in [6.07, 6.45) is 0.971. The number of benzene rings is 2. The third kappa shape index (κ3) is 5.91. The summed E-state index contributed by atoms with van der Waals surface area (Å²) < 4.78 is 40.9. The number of ether oxygens (including phenoxy) is 2. The topological polar surface area (TPSA) is 76.9 Å². The van der Waals surface area contributed by atoms with Crippen LogP contribution in [0, 0.1) is 0 Å². The molecule has 5 rings (SSSR count). The maximum Gasteiger partial charge on any atom is 0.243 e. The Morgan fingerprint density at radius 1 is 0.944 bits per heavy atom. The van der Waals surface area contributed by atoms with Gasteiger partial charge in [-0.2, -0.15) is 4.31 Å². The number of hydrogen-bond acceptors (Lipinski definition) is 7. The Kier molecular flexibility index (Phi) is 8.52. The van der Waals surface area contributed by atoms with Crippen LogP contribution in [0.5, 0.6) is 0 Å². The predicted molar refractivity (Wildman–Crippen MR) is 142 cm³/mol. The Bertz CT molecular complexity index is 1290. The molecule has 1 aromatic heterocycles. The Morgan fingerprint density at radius 2 is 1.67 bits per heavy atom.